The van der Waals surface area contributed by atoms with Crippen molar-refractivity contribution in [3.05, 3.63) is 35.1 Å². The number of halogens is 1. The molecule has 0 saturated carbocycles. The molecule has 21 heavy (non-hydrogen) atoms. The van der Waals surface area contributed by atoms with Crippen molar-refractivity contribution in [3.8, 4) is 11.8 Å². The van der Waals surface area contributed by atoms with Gasteiger partial charge in [-0.15, -0.1) is 0 Å². The summed E-state index contributed by atoms with van der Waals surface area (Å²) in [5, 5.41) is 0. The van der Waals surface area contributed by atoms with Gasteiger partial charge < -0.3 is 5.73 Å². The number of rotatable bonds is 2. The van der Waals surface area contributed by atoms with E-state index in [1.165, 1.54) is 25.2 Å². The van der Waals surface area contributed by atoms with Gasteiger partial charge in [-0.3, -0.25) is 19.4 Å². The van der Waals surface area contributed by atoms with E-state index < -0.39 is 23.7 Å². The van der Waals surface area contributed by atoms with Crippen molar-refractivity contribution in [2.75, 3.05) is 13.6 Å². The van der Waals surface area contributed by atoms with Gasteiger partial charge >= 0.3 is 17.8 Å². The van der Waals surface area contributed by atoms with Crippen molar-refractivity contribution in [1.29, 1.82) is 0 Å². The van der Waals surface area contributed by atoms with Crippen LogP contribution in [0.4, 0.5) is 9.18 Å². The average molecular weight is 289 g/mol. The van der Waals surface area contributed by atoms with E-state index in [-0.39, 0.29) is 13.1 Å². The molecular formula is C14H12FN3O3. The quantitative estimate of drug-likeness (QED) is 0.474. The lowest BCUT2D eigenvalue weighted by Gasteiger charge is -2.14. The largest absolute Gasteiger partial charge is 0.334 e. The lowest BCUT2D eigenvalue weighted by Crippen LogP contribution is -2.31. The molecule has 0 spiro atoms. The maximum Gasteiger partial charge on any atom is 0.334 e. The standard InChI is InChI=1S/C14H12FN3O3/c1-17-12(19)13(20)18(14(17)21)8-10-4-5-11(15)7-9(10)3-2-6-16/h4-5,7H,6,8,16H2,1H3. The zero-order valence-corrected chi connectivity index (χ0v) is 11.2. The Morgan fingerprint density at radius 1 is 1.24 bits per heavy atom. The second kappa shape index (κ2) is 5.73. The van der Waals surface area contributed by atoms with Gasteiger partial charge in [0.05, 0.1) is 13.1 Å². The molecule has 6 nitrogen and oxygen atoms in total. The number of imide groups is 2. The van der Waals surface area contributed by atoms with E-state index in [0.29, 0.717) is 11.1 Å². The van der Waals surface area contributed by atoms with Gasteiger partial charge in [0, 0.05) is 12.6 Å². The van der Waals surface area contributed by atoms with E-state index in [1.807, 2.05) is 0 Å². The Labute approximate surface area is 120 Å². The minimum absolute atomic E-state index is 0.0960. The van der Waals surface area contributed by atoms with Gasteiger partial charge in [-0.2, -0.15) is 0 Å². The molecule has 0 bridgehead atoms. The lowest BCUT2D eigenvalue weighted by molar-refractivity contribution is -0.143. The summed E-state index contributed by atoms with van der Waals surface area (Å²) < 4.78 is 13.3. The number of benzene rings is 1. The third kappa shape index (κ3) is 2.75. The number of nitrogens with zero attached hydrogens (tertiary/aromatic N) is 2. The second-order valence-corrected chi connectivity index (χ2v) is 4.35. The fraction of sp³-hybridized carbons (Fsp3) is 0.214. The smallest absolute Gasteiger partial charge is 0.320 e. The highest BCUT2D eigenvalue weighted by molar-refractivity contribution is 6.44. The first-order valence-electron chi connectivity index (χ1n) is 6.06. The van der Waals surface area contributed by atoms with Crippen LogP contribution in [0.3, 0.4) is 0 Å². The lowest BCUT2D eigenvalue weighted by atomic mass is 10.1. The molecule has 0 atom stereocenters. The average Bonchev–Trinajstić information content (AvgIpc) is 2.65. The van der Waals surface area contributed by atoms with Crippen LogP contribution in [0, 0.1) is 17.7 Å². The second-order valence-electron chi connectivity index (χ2n) is 4.35. The molecule has 2 N–H and O–H groups in total. The van der Waals surface area contributed by atoms with Gasteiger partial charge in [-0.25, -0.2) is 9.18 Å². The van der Waals surface area contributed by atoms with Gasteiger partial charge in [0.2, 0.25) is 0 Å². The Balaban J connectivity index is 2.34. The molecule has 1 aliphatic heterocycles. The summed E-state index contributed by atoms with van der Waals surface area (Å²) in [5.41, 5.74) is 6.05. The van der Waals surface area contributed by atoms with Crippen LogP contribution in [0.2, 0.25) is 0 Å². The van der Waals surface area contributed by atoms with E-state index in [4.69, 9.17) is 5.73 Å². The highest BCUT2D eigenvalue weighted by Crippen LogP contribution is 2.17. The maximum atomic E-state index is 13.3. The molecule has 1 aromatic carbocycles. The summed E-state index contributed by atoms with van der Waals surface area (Å²) in [4.78, 5) is 36.5. The minimum atomic E-state index is -0.912. The summed E-state index contributed by atoms with van der Waals surface area (Å²) in [6, 6.07) is 3.08. The predicted octanol–water partition coefficient (Wildman–Crippen LogP) is 0.0565. The number of hydrogen-bond acceptors (Lipinski definition) is 4. The van der Waals surface area contributed by atoms with Gasteiger partial charge in [0.15, 0.2) is 0 Å². The van der Waals surface area contributed by atoms with E-state index in [0.717, 1.165) is 9.80 Å². The van der Waals surface area contributed by atoms with Crippen molar-refractivity contribution < 1.29 is 18.8 Å². The highest BCUT2D eigenvalue weighted by atomic mass is 19.1. The zero-order chi connectivity index (χ0) is 15.6. The Hall–Kier alpha value is -2.72. The molecule has 2 rings (SSSR count). The first-order valence-corrected chi connectivity index (χ1v) is 6.06. The van der Waals surface area contributed by atoms with E-state index in [9.17, 15) is 18.8 Å². The third-order valence-electron chi connectivity index (χ3n) is 2.98. The van der Waals surface area contributed by atoms with Crippen molar-refractivity contribution in [1.82, 2.24) is 9.80 Å². The van der Waals surface area contributed by atoms with Crippen LogP contribution < -0.4 is 5.73 Å². The fourth-order valence-corrected chi connectivity index (χ4v) is 1.87. The Morgan fingerprint density at radius 3 is 2.52 bits per heavy atom. The number of carbonyl (C=O) groups is 3. The summed E-state index contributed by atoms with van der Waals surface area (Å²) in [5.74, 6) is 2.96. The third-order valence-corrected chi connectivity index (χ3v) is 2.98. The van der Waals surface area contributed by atoms with Crippen LogP contribution in [0.5, 0.6) is 0 Å². The van der Waals surface area contributed by atoms with Crippen LogP contribution in [0.1, 0.15) is 11.1 Å². The number of nitrogens with two attached hydrogens (primary N) is 1. The molecular weight excluding hydrogens is 277 g/mol. The van der Waals surface area contributed by atoms with Gasteiger partial charge in [0.1, 0.15) is 5.82 Å². The summed E-state index contributed by atoms with van der Waals surface area (Å²) >= 11 is 0. The van der Waals surface area contributed by atoms with Crippen molar-refractivity contribution in [2.45, 2.75) is 6.54 Å². The monoisotopic (exact) mass is 289 g/mol. The number of likely N-dealkylation sites (N-methyl/N-ethyl adjacent to an activating group) is 1. The molecule has 1 fully saturated rings. The Morgan fingerprint density at radius 2 is 1.95 bits per heavy atom. The number of hydrogen-bond donors (Lipinski definition) is 1. The molecule has 1 heterocycles. The molecule has 0 aromatic heterocycles. The molecule has 108 valence electrons. The fourth-order valence-electron chi connectivity index (χ4n) is 1.87. The topological polar surface area (TPSA) is 83.7 Å². The van der Waals surface area contributed by atoms with Crippen LogP contribution in [-0.2, 0) is 16.1 Å². The number of carbonyl (C=O) groups excluding carboxylic acids is 3. The van der Waals surface area contributed by atoms with Gasteiger partial charge in [-0.05, 0) is 17.7 Å². The first kappa shape index (κ1) is 14.7. The van der Waals surface area contributed by atoms with Crippen LogP contribution in [0.25, 0.3) is 0 Å². The molecule has 0 radical (unpaired) electrons. The molecule has 4 amide bonds. The SMILES string of the molecule is CN1C(=O)C(=O)N(Cc2ccc(F)cc2C#CCN)C1=O. The van der Waals surface area contributed by atoms with Gasteiger partial charge in [-0.1, -0.05) is 17.9 Å². The Kier molecular flexibility index (Phi) is 4.00. The van der Waals surface area contributed by atoms with Crippen molar-refractivity contribution >= 4 is 17.8 Å². The van der Waals surface area contributed by atoms with Crippen LogP contribution in [-0.4, -0.2) is 41.2 Å². The predicted molar refractivity (Wildman–Crippen MR) is 71.0 cm³/mol. The minimum Gasteiger partial charge on any atom is -0.320 e. The molecule has 7 heteroatoms. The van der Waals surface area contributed by atoms with E-state index in [1.54, 1.807) is 0 Å². The van der Waals surface area contributed by atoms with Crippen molar-refractivity contribution in [2.24, 2.45) is 5.73 Å². The zero-order valence-electron chi connectivity index (χ0n) is 11.2. The molecule has 1 saturated heterocycles. The van der Waals surface area contributed by atoms with Gasteiger partial charge in [0.25, 0.3) is 0 Å². The maximum absolute atomic E-state index is 13.3. The molecule has 0 unspecified atom stereocenters. The van der Waals surface area contributed by atoms with E-state index >= 15 is 0 Å². The normalized spacial score (nSPS) is 14.5. The number of amides is 4. The van der Waals surface area contributed by atoms with Crippen molar-refractivity contribution in [3.63, 3.8) is 0 Å². The highest BCUT2D eigenvalue weighted by Gasteiger charge is 2.42. The number of urea groups is 1. The molecule has 1 aliphatic rings. The summed E-state index contributed by atoms with van der Waals surface area (Å²) in [7, 11) is 1.22. The Bertz CT molecular complexity index is 690. The van der Waals surface area contributed by atoms with Crippen LogP contribution >= 0.6 is 0 Å². The molecule has 0 aliphatic carbocycles. The molecule has 1 aromatic rings. The van der Waals surface area contributed by atoms with Crippen LogP contribution in [0.15, 0.2) is 18.2 Å². The first-order chi connectivity index (χ1) is 9.95. The summed E-state index contributed by atoms with van der Waals surface area (Å²) in [6.45, 7) is -0.0542. The van der Waals surface area contributed by atoms with E-state index in [2.05, 4.69) is 11.8 Å². The summed E-state index contributed by atoms with van der Waals surface area (Å²) in [6.07, 6.45) is 0.